The van der Waals surface area contributed by atoms with Crippen molar-refractivity contribution in [3.05, 3.63) is 0 Å². The Balaban J connectivity index is 0. The lowest BCUT2D eigenvalue weighted by atomic mass is 9.81. The maximum atomic E-state index is 8.89. The van der Waals surface area contributed by atoms with Gasteiger partial charge in [0, 0.05) is 17.5 Å². The van der Waals surface area contributed by atoms with Crippen molar-refractivity contribution in [1.82, 2.24) is 0 Å². The summed E-state index contributed by atoms with van der Waals surface area (Å²) < 4.78 is 0. The van der Waals surface area contributed by atoms with E-state index in [1.54, 1.807) is 0 Å². The molecule has 0 aromatic heterocycles. The third-order valence-electron chi connectivity index (χ3n) is 3.15. The van der Waals surface area contributed by atoms with Crippen LogP contribution in [0.2, 0.25) is 0 Å². The highest BCUT2D eigenvalue weighted by atomic mass is 35.5. The SMILES string of the molecule is CCCCCC(Cl)C(CCCO)C(C)(C)N.Cl. The van der Waals surface area contributed by atoms with Crippen molar-refractivity contribution in [3.8, 4) is 0 Å². The molecule has 0 aliphatic heterocycles. The molecule has 0 radical (unpaired) electrons. The van der Waals surface area contributed by atoms with Crippen molar-refractivity contribution >= 4 is 24.0 Å². The zero-order chi connectivity index (χ0) is 12.6. The topological polar surface area (TPSA) is 46.2 Å². The molecule has 0 spiro atoms. The lowest BCUT2D eigenvalue weighted by Gasteiger charge is -2.34. The van der Waals surface area contributed by atoms with Gasteiger partial charge in [-0.3, -0.25) is 0 Å². The molecule has 0 saturated carbocycles. The second kappa shape index (κ2) is 10.4. The summed E-state index contributed by atoms with van der Waals surface area (Å²) in [4.78, 5) is 0. The smallest absolute Gasteiger partial charge is 0.0431 e. The zero-order valence-corrected chi connectivity index (χ0v) is 13.0. The second-order valence-electron chi connectivity index (χ2n) is 5.31. The van der Waals surface area contributed by atoms with Crippen LogP contribution in [0.5, 0.6) is 0 Å². The molecular formula is C13H29Cl2NO. The third kappa shape index (κ3) is 9.12. The van der Waals surface area contributed by atoms with Crippen molar-refractivity contribution in [2.45, 2.75) is 70.2 Å². The highest BCUT2D eigenvalue weighted by molar-refractivity contribution is 6.20. The van der Waals surface area contributed by atoms with Crippen molar-refractivity contribution in [2.75, 3.05) is 6.61 Å². The number of nitrogens with two attached hydrogens (primary N) is 1. The van der Waals surface area contributed by atoms with Crippen molar-refractivity contribution < 1.29 is 5.11 Å². The lowest BCUT2D eigenvalue weighted by molar-refractivity contribution is 0.231. The van der Waals surface area contributed by atoms with Crippen molar-refractivity contribution in [1.29, 1.82) is 0 Å². The van der Waals surface area contributed by atoms with Gasteiger partial charge in [-0.1, -0.05) is 26.2 Å². The van der Waals surface area contributed by atoms with Crippen LogP contribution in [0, 0.1) is 5.92 Å². The van der Waals surface area contributed by atoms with Gasteiger partial charge < -0.3 is 10.8 Å². The Morgan fingerprint density at radius 3 is 2.18 bits per heavy atom. The van der Waals surface area contributed by atoms with Gasteiger partial charge in [-0.15, -0.1) is 24.0 Å². The Labute approximate surface area is 118 Å². The summed E-state index contributed by atoms with van der Waals surface area (Å²) in [5.41, 5.74) is 5.90. The van der Waals surface area contributed by atoms with Crippen LogP contribution in [0.25, 0.3) is 0 Å². The number of alkyl halides is 1. The summed E-state index contributed by atoms with van der Waals surface area (Å²) in [5, 5.41) is 9.03. The number of unbranched alkanes of at least 4 members (excludes halogenated alkanes) is 2. The normalized spacial score (nSPS) is 15.2. The second-order valence-corrected chi connectivity index (χ2v) is 5.87. The minimum Gasteiger partial charge on any atom is -0.396 e. The molecule has 0 fully saturated rings. The Bertz CT molecular complexity index is 171. The van der Waals surface area contributed by atoms with Gasteiger partial charge in [0.2, 0.25) is 0 Å². The molecule has 0 aliphatic carbocycles. The molecule has 2 atom stereocenters. The first kappa shape index (κ1) is 19.8. The molecule has 0 heterocycles. The standard InChI is InChI=1S/C13H28ClNO.ClH/c1-4-5-6-9-12(14)11(8-7-10-16)13(2,3)15;/h11-12,16H,4-10,15H2,1-3H3;1H. The van der Waals surface area contributed by atoms with Gasteiger partial charge in [0.25, 0.3) is 0 Å². The van der Waals surface area contributed by atoms with E-state index >= 15 is 0 Å². The van der Waals surface area contributed by atoms with E-state index < -0.39 is 0 Å². The van der Waals surface area contributed by atoms with Crippen LogP contribution in [0.3, 0.4) is 0 Å². The first-order valence-electron chi connectivity index (χ1n) is 6.47. The number of halogens is 2. The van der Waals surface area contributed by atoms with Crippen molar-refractivity contribution in [3.63, 3.8) is 0 Å². The number of aliphatic hydroxyl groups excluding tert-OH is 1. The van der Waals surface area contributed by atoms with Crippen LogP contribution in [0.4, 0.5) is 0 Å². The van der Waals surface area contributed by atoms with E-state index in [-0.39, 0.29) is 35.8 Å². The molecule has 2 unspecified atom stereocenters. The molecule has 0 bridgehead atoms. The Hall–Kier alpha value is 0.500. The molecule has 3 N–H and O–H groups in total. The zero-order valence-electron chi connectivity index (χ0n) is 11.4. The summed E-state index contributed by atoms with van der Waals surface area (Å²) in [6, 6.07) is 0. The molecule has 0 amide bonds. The largest absolute Gasteiger partial charge is 0.396 e. The van der Waals surface area contributed by atoms with E-state index in [2.05, 4.69) is 6.92 Å². The Morgan fingerprint density at radius 2 is 1.76 bits per heavy atom. The minimum atomic E-state index is -0.256. The van der Waals surface area contributed by atoms with Crippen LogP contribution in [0.1, 0.15) is 59.3 Å². The van der Waals surface area contributed by atoms with Gasteiger partial charge in [0.1, 0.15) is 0 Å². The highest BCUT2D eigenvalue weighted by Crippen LogP contribution is 2.29. The van der Waals surface area contributed by atoms with Gasteiger partial charge >= 0.3 is 0 Å². The summed E-state index contributed by atoms with van der Waals surface area (Å²) in [7, 11) is 0. The van der Waals surface area contributed by atoms with Gasteiger partial charge in [0.05, 0.1) is 0 Å². The molecule has 0 rings (SSSR count). The van der Waals surface area contributed by atoms with Crippen LogP contribution >= 0.6 is 24.0 Å². The number of rotatable bonds is 9. The monoisotopic (exact) mass is 285 g/mol. The summed E-state index contributed by atoms with van der Waals surface area (Å²) in [6.45, 7) is 6.49. The molecule has 0 aromatic carbocycles. The van der Waals surface area contributed by atoms with Crippen LogP contribution in [0.15, 0.2) is 0 Å². The molecule has 0 aliphatic rings. The molecule has 106 valence electrons. The molecular weight excluding hydrogens is 257 g/mol. The fourth-order valence-corrected chi connectivity index (χ4v) is 2.73. The fourth-order valence-electron chi connectivity index (χ4n) is 2.12. The van der Waals surface area contributed by atoms with Crippen LogP contribution in [-0.4, -0.2) is 22.6 Å². The average Bonchev–Trinajstić information content (AvgIpc) is 2.16. The number of hydrogen-bond acceptors (Lipinski definition) is 2. The predicted octanol–water partition coefficient (Wildman–Crippen LogP) is 3.72. The van der Waals surface area contributed by atoms with E-state index in [1.807, 2.05) is 13.8 Å². The van der Waals surface area contributed by atoms with Gasteiger partial charge in [-0.2, -0.15) is 0 Å². The fraction of sp³-hybridized carbons (Fsp3) is 1.00. The van der Waals surface area contributed by atoms with Crippen molar-refractivity contribution in [2.24, 2.45) is 11.7 Å². The Kier molecular flexibility index (Phi) is 12.2. The lowest BCUT2D eigenvalue weighted by Crippen LogP contribution is -2.45. The molecule has 4 heteroatoms. The van der Waals surface area contributed by atoms with Gasteiger partial charge in [0.15, 0.2) is 0 Å². The maximum Gasteiger partial charge on any atom is 0.0431 e. The minimum absolute atomic E-state index is 0. The van der Waals surface area contributed by atoms with Crippen LogP contribution in [-0.2, 0) is 0 Å². The first-order chi connectivity index (χ1) is 7.43. The highest BCUT2D eigenvalue weighted by Gasteiger charge is 2.30. The average molecular weight is 286 g/mol. The van der Waals surface area contributed by atoms with E-state index in [0.29, 0.717) is 0 Å². The summed E-state index contributed by atoms with van der Waals surface area (Å²) in [5.74, 6) is 0.290. The maximum absolute atomic E-state index is 8.89. The molecule has 0 aromatic rings. The summed E-state index contributed by atoms with van der Waals surface area (Å²) in [6.07, 6.45) is 6.38. The van der Waals surface area contributed by atoms with Crippen LogP contribution < -0.4 is 5.73 Å². The molecule has 2 nitrogen and oxygen atoms in total. The van der Waals surface area contributed by atoms with E-state index in [0.717, 1.165) is 19.3 Å². The molecule has 0 saturated heterocycles. The first-order valence-corrected chi connectivity index (χ1v) is 6.91. The number of hydrogen-bond donors (Lipinski definition) is 2. The van der Waals surface area contributed by atoms with Gasteiger partial charge in [-0.25, -0.2) is 0 Å². The third-order valence-corrected chi connectivity index (χ3v) is 3.67. The van der Waals surface area contributed by atoms with Gasteiger partial charge in [-0.05, 0) is 39.0 Å². The number of aliphatic hydroxyl groups is 1. The molecule has 17 heavy (non-hydrogen) atoms. The predicted molar refractivity (Wildman–Crippen MR) is 79.1 cm³/mol. The quantitative estimate of drug-likeness (QED) is 0.501. The van der Waals surface area contributed by atoms with E-state index in [4.69, 9.17) is 22.4 Å². The van der Waals surface area contributed by atoms with E-state index in [9.17, 15) is 0 Å². The van der Waals surface area contributed by atoms with E-state index in [1.165, 1.54) is 19.3 Å². The summed E-state index contributed by atoms with van der Waals surface area (Å²) >= 11 is 6.44. The Morgan fingerprint density at radius 1 is 1.18 bits per heavy atom.